The highest BCUT2D eigenvalue weighted by molar-refractivity contribution is 6.01. The zero-order valence-electron chi connectivity index (χ0n) is 16.4. The summed E-state index contributed by atoms with van der Waals surface area (Å²) in [5.74, 6) is -1.46. The van der Waals surface area contributed by atoms with Crippen molar-refractivity contribution in [3.05, 3.63) is 58.7 Å². The van der Waals surface area contributed by atoms with E-state index in [0.717, 1.165) is 29.4 Å². The molecule has 0 spiro atoms. The molecule has 0 aromatic heterocycles. The van der Waals surface area contributed by atoms with Gasteiger partial charge in [0.05, 0.1) is 18.6 Å². The summed E-state index contributed by atoms with van der Waals surface area (Å²) in [6.45, 7) is 6.67. The standard InChI is InChI=1S/C21H25F2N3O/c1-6-25(4)13-24-20-8-14(2)19(7-15(20)3)21(27)12-26(5)18-10-16(22)9-17(23)11-18/h7-11,13H,6,12H2,1-5H3. The second-order valence-electron chi connectivity index (χ2n) is 6.68. The highest BCUT2D eigenvalue weighted by Crippen LogP contribution is 2.24. The number of nitrogens with zero attached hydrogens (tertiary/aromatic N) is 3. The van der Waals surface area contributed by atoms with Crippen molar-refractivity contribution in [3.63, 3.8) is 0 Å². The first-order valence-electron chi connectivity index (χ1n) is 8.77. The summed E-state index contributed by atoms with van der Waals surface area (Å²) >= 11 is 0. The van der Waals surface area contributed by atoms with Gasteiger partial charge in [-0.25, -0.2) is 13.8 Å². The maximum Gasteiger partial charge on any atom is 0.182 e. The normalized spacial score (nSPS) is 11.1. The first-order chi connectivity index (χ1) is 12.7. The van der Waals surface area contributed by atoms with E-state index < -0.39 is 11.6 Å². The number of likely N-dealkylation sites (N-methyl/N-ethyl adjacent to an activating group) is 1. The van der Waals surface area contributed by atoms with Gasteiger partial charge < -0.3 is 9.80 Å². The molecule has 2 aromatic rings. The van der Waals surface area contributed by atoms with Gasteiger partial charge in [0, 0.05) is 38.0 Å². The van der Waals surface area contributed by atoms with E-state index in [9.17, 15) is 13.6 Å². The zero-order valence-corrected chi connectivity index (χ0v) is 16.4. The molecule has 0 heterocycles. The topological polar surface area (TPSA) is 35.9 Å². The number of Topliss-reactive ketones (excluding diaryl/α,β-unsaturated/α-hetero) is 1. The summed E-state index contributed by atoms with van der Waals surface area (Å²) in [6.07, 6.45) is 1.76. The highest BCUT2D eigenvalue weighted by atomic mass is 19.1. The average molecular weight is 373 g/mol. The van der Waals surface area contributed by atoms with Crippen molar-refractivity contribution in [2.24, 2.45) is 4.99 Å². The van der Waals surface area contributed by atoms with Gasteiger partial charge in [0.15, 0.2) is 5.78 Å². The average Bonchev–Trinajstić information content (AvgIpc) is 2.60. The second kappa shape index (κ2) is 8.75. The number of hydrogen-bond donors (Lipinski definition) is 0. The highest BCUT2D eigenvalue weighted by Gasteiger charge is 2.15. The number of carbonyl (C=O) groups excluding carboxylic acids is 1. The molecule has 27 heavy (non-hydrogen) atoms. The van der Waals surface area contributed by atoms with Gasteiger partial charge in [0.1, 0.15) is 11.6 Å². The molecule has 4 nitrogen and oxygen atoms in total. The number of aryl methyl sites for hydroxylation is 2. The number of carbonyl (C=O) groups is 1. The molecule has 2 aromatic carbocycles. The van der Waals surface area contributed by atoms with Gasteiger partial charge in [0.2, 0.25) is 0 Å². The molecule has 0 atom stereocenters. The molecule has 2 rings (SSSR count). The van der Waals surface area contributed by atoms with Crippen molar-refractivity contribution < 1.29 is 13.6 Å². The van der Waals surface area contributed by atoms with E-state index in [1.54, 1.807) is 13.4 Å². The fraction of sp³-hybridized carbons (Fsp3) is 0.333. The second-order valence-corrected chi connectivity index (χ2v) is 6.68. The summed E-state index contributed by atoms with van der Waals surface area (Å²) in [4.78, 5) is 20.7. The van der Waals surface area contributed by atoms with E-state index in [-0.39, 0.29) is 12.3 Å². The summed E-state index contributed by atoms with van der Waals surface area (Å²) in [7, 11) is 3.57. The van der Waals surface area contributed by atoms with Crippen LogP contribution in [0.5, 0.6) is 0 Å². The minimum atomic E-state index is -0.671. The Morgan fingerprint density at radius 2 is 1.67 bits per heavy atom. The summed E-state index contributed by atoms with van der Waals surface area (Å²) in [5.41, 5.74) is 3.42. The van der Waals surface area contributed by atoms with E-state index in [1.807, 2.05) is 44.9 Å². The summed E-state index contributed by atoms with van der Waals surface area (Å²) in [6, 6.07) is 6.91. The minimum absolute atomic E-state index is 0.0182. The lowest BCUT2D eigenvalue weighted by molar-refractivity contribution is 0.0999. The molecular weight excluding hydrogens is 348 g/mol. The Bertz CT molecular complexity index is 844. The third-order valence-corrected chi connectivity index (χ3v) is 4.40. The van der Waals surface area contributed by atoms with Crippen LogP contribution in [0, 0.1) is 25.5 Å². The third kappa shape index (κ3) is 5.36. The van der Waals surface area contributed by atoms with E-state index in [0.29, 0.717) is 11.3 Å². The van der Waals surface area contributed by atoms with Crippen LogP contribution in [-0.2, 0) is 0 Å². The molecule has 0 N–H and O–H groups in total. The van der Waals surface area contributed by atoms with E-state index in [2.05, 4.69) is 4.99 Å². The molecular formula is C21H25F2N3O. The number of benzene rings is 2. The molecule has 0 saturated carbocycles. The Morgan fingerprint density at radius 3 is 2.26 bits per heavy atom. The number of anilines is 1. The van der Waals surface area contributed by atoms with Crippen LogP contribution in [0.1, 0.15) is 28.4 Å². The van der Waals surface area contributed by atoms with E-state index in [4.69, 9.17) is 0 Å². The number of rotatable bonds is 7. The van der Waals surface area contributed by atoms with Gasteiger partial charge in [-0.05, 0) is 56.2 Å². The van der Waals surface area contributed by atoms with Crippen molar-refractivity contribution in [3.8, 4) is 0 Å². The SMILES string of the molecule is CCN(C)C=Nc1cc(C)c(C(=O)CN(C)c2cc(F)cc(F)c2)cc1C. The fourth-order valence-electron chi connectivity index (χ4n) is 2.63. The van der Waals surface area contributed by atoms with Crippen LogP contribution < -0.4 is 4.90 Å². The van der Waals surface area contributed by atoms with Crippen LogP contribution in [0.4, 0.5) is 20.2 Å². The zero-order chi connectivity index (χ0) is 20.1. The van der Waals surface area contributed by atoms with Crippen LogP contribution >= 0.6 is 0 Å². The minimum Gasteiger partial charge on any atom is -0.367 e. The monoisotopic (exact) mass is 373 g/mol. The molecule has 0 amide bonds. The summed E-state index contributed by atoms with van der Waals surface area (Å²) < 4.78 is 26.8. The van der Waals surface area contributed by atoms with E-state index in [1.165, 1.54) is 17.0 Å². The molecule has 6 heteroatoms. The Labute approximate surface area is 159 Å². The number of ketones is 1. The Morgan fingerprint density at radius 1 is 1.04 bits per heavy atom. The van der Waals surface area contributed by atoms with Gasteiger partial charge in [0.25, 0.3) is 0 Å². The number of aliphatic imine (C=N–C) groups is 1. The van der Waals surface area contributed by atoms with Crippen LogP contribution in [0.3, 0.4) is 0 Å². The maximum atomic E-state index is 13.4. The van der Waals surface area contributed by atoms with Crippen molar-refractivity contribution in [2.45, 2.75) is 20.8 Å². The van der Waals surface area contributed by atoms with Crippen LogP contribution in [0.2, 0.25) is 0 Å². The van der Waals surface area contributed by atoms with Gasteiger partial charge in [-0.1, -0.05) is 0 Å². The predicted molar refractivity (Wildman–Crippen MR) is 106 cm³/mol. The van der Waals surface area contributed by atoms with Crippen LogP contribution in [0.25, 0.3) is 0 Å². The first-order valence-corrected chi connectivity index (χ1v) is 8.77. The lowest BCUT2D eigenvalue weighted by Gasteiger charge is -2.19. The third-order valence-electron chi connectivity index (χ3n) is 4.40. The quantitative estimate of drug-likeness (QED) is 0.407. The van der Waals surface area contributed by atoms with Gasteiger partial charge >= 0.3 is 0 Å². The molecule has 144 valence electrons. The molecule has 0 bridgehead atoms. The maximum absolute atomic E-state index is 13.4. The Hall–Kier alpha value is -2.76. The molecule has 0 saturated heterocycles. The Kier molecular flexibility index (Phi) is 6.66. The smallest absolute Gasteiger partial charge is 0.182 e. The molecule has 0 radical (unpaired) electrons. The van der Waals surface area contributed by atoms with Gasteiger partial charge in [-0.2, -0.15) is 0 Å². The molecule has 0 aliphatic carbocycles. The van der Waals surface area contributed by atoms with Crippen molar-refractivity contribution in [1.82, 2.24) is 4.90 Å². The lowest BCUT2D eigenvalue weighted by atomic mass is 10.00. The van der Waals surface area contributed by atoms with E-state index >= 15 is 0 Å². The predicted octanol–water partition coefficient (Wildman–Crippen LogP) is 4.51. The molecule has 0 aliphatic heterocycles. The number of hydrogen-bond acceptors (Lipinski definition) is 3. The van der Waals surface area contributed by atoms with Crippen LogP contribution in [0.15, 0.2) is 35.3 Å². The number of halogens is 2. The molecule has 0 fully saturated rings. The molecule has 0 aliphatic rings. The van der Waals surface area contributed by atoms with Crippen molar-refractivity contribution >= 4 is 23.5 Å². The van der Waals surface area contributed by atoms with Crippen LogP contribution in [-0.4, -0.2) is 44.2 Å². The largest absolute Gasteiger partial charge is 0.367 e. The lowest BCUT2D eigenvalue weighted by Crippen LogP contribution is -2.26. The molecule has 0 unspecified atom stereocenters. The Balaban J connectivity index is 2.21. The fourth-order valence-corrected chi connectivity index (χ4v) is 2.63. The van der Waals surface area contributed by atoms with Gasteiger partial charge in [-0.3, -0.25) is 4.79 Å². The summed E-state index contributed by atoms with van der Waals surface area (Å²) in [5, 5.41) is 0. The first kappa shape index (κ1) is 20.6. The van der Waals surface area contributed by atoms with Gasteiger partial charge in [-0.15, -0.1) is 0 Å². The van der Waals surface area contributed by atoms with Crippen molar-refractivity contribution in [1.29, 1.82) is 0 Å². The van der Waals surface area contributed by atoms with Crippen molar-refractivity contribution in [2.75, 3.05) is 32.1 Å².